The lowest BCUT2D eigenvalue weighted by molar-refractivity contribution is 0.139. The van der Waals surface area contributed by atoms with E-state index in [-0.39, 0.29) is 59.9 Å². The molecule has 0 aliphatic heterocycles. The topological polar surface area (TPSA) is 118 Å². The molecule has 2 aliphatic rings. The Balaban J connectivity index is 0.00000722. The fraction of sp³-hybridized carbons (Fsp3) is 0.933. The van der Waals surface area contributed by atoms with E-state index in [1.165, 1.54) is 77.0 Å². The van der Waals surface area contributed by atoms with Crippen molar-refractivity contribution in [2.45, 2.75) is 143 Å². The van der Waals surface area contributed by atoms with Crippen LogP contribution >= 0.6 is 48.0 Å². The second kappa shape index (κ2) is 20.0. The van der Waals surface area contributed by atoms with Crippen LogP contribution in [-0.4, -0.2) is 60.0 Å². The van der Waals surface area contributed by atoms with Gasteiger partial charge in [-0.05, 0) is 88.1 Å². The number of nitrogens with two attached hydrogens (primary N) is 2. The Kier molecular flexibility index (Phi) is 19.9. The smallest absolute Gasteiger partial charge is 0.188 e. The number of unbranched alkanes of at least 4 members (excludes halogenated alkanes) is 6. The Morgan fingerprint density at radius 3 is 1.36 bits per heavy atom. The minimum Gasteiger partial charge on any atom is -0.370 e. The summed E-state index contributed by atoms with van der Waals surface area (Å²) >= 11 is 0. The zero-order valence-electron chi connectivity index (χ0n) is 25.7. The number of nitrogens with one attached hydrogen (secondary N) is 3. The Labute approximate surface area is 275 Å². The van der Waals surface area contributed by atoms with Crippen LogP contribution in [0.25, 0.3) is 0 Å². The van der Waals surface area contributed by atoms with Gasteiger partial charge in [-0.2, -0.15) is 0 Å². The van der Waals surface area contributed by atoms with Gasteiger partial charge in [-0.15, -0.1) is 48.0 Å². The van der Waals surface area contributed by atoms with Gasteiger partial charge in [0.05, 0.1) is 0 Å². The van der Waals surface area contributed by atoms with Crippen molar-refractivity contribution in [1.29, 1.82) is 10.8 Å². The zero-order chi connectivity index (χ0) is 27.3. The van der Waals surface area contributed by atoms with Crippen LogP contribution < -0.4 is 16.8 Å². The lowest BCUT2D eigenvalue weighted by atomic mass is 9.74. The molecule has 2 aliphatic carbocycles. The highest BCUT2D eigenvalue weighted by Gasteiger charge is 2.32. The van der Waals surface area contributed by atoms with Crippen molar-refractivity contribution in [2.75, 3.05) is 26.2 Å². The van der Waals surface area contributed by atoms with Gasteiger partial charge >= 0.3 is 0 Å². The summed E-state index contributed by atoms with van der Waals surface area (Å²) in [6.07, 6.45) is 19.4. The predicted molar refractivity (Wildman–Crippen MR) is 190 cm³/mol. The third-order valence-corrected chi connectivity index (χ3v) is 8.86. The van der Waals surface area contributed by atoms with Gasteiger partial charge in [-0.3, -0.25) is 10.8 Å². The van der Waals surface area contributed by atoms with Crippen LogP contribution in [0.2, 0.25) is 0 Å². The first kappa shape index (κ1) is 39.0. The van der Waals surface area contributed by atoms with E-state index in [1.807, 2.05) is 0 Å². The molecule has 2 atom stereocenters. The van der Waals surface area contributed by atoms with Gasteiger partial charge < -0.3 is 26.6 Å². The molecule has 0 heterocycles. The first-order valence-corrected chi connectivity index (χ1v) is 15.4. The minimum absolute atomic E-state index is 0. The Hall–Kier alpha value is -0.0400. The Morgan fingerprint density at radius 1 is 0.667 bits per heavy atom. The average molecular weight is 776 g/mol. The summed E-state index contributed by atoms with van der Waals surface area (Å²) in [5.74, 6) is 0.521. The summed E-state index contributed by atoms with van der Waals surface area (Å²) in [6, 6.07) is 0.903. The zero-order valence-corrected chi connectivity index (χ0v) is 30.3. The van der Waals surface area contributed by atoms with Crippen molar-refractivity contribution in [2.24, 2.45) is 22.3 Å². The number of nitrogens with zero attached hydrogens (tertiary/aromatic N) is 2. The molecule has 7 nitrogen and oxygen atoms in total. The summed E-state index contributed by atoms with van der Waals surface area (Å²) in [5.41, 5.74) is 12.7. The van der Waals surface area contributed by atoms with Crippen molar-refractivity contribution >= 4 is 59.9 Å². The van der Waals surface area contributed by atoms with Crippen LogP contribution in [0.15, 0.2) is 0 Å². The third kappa shape index (κ3) is 15.7. The molecule has 0 bridgehead atoms. The predicted octanol–water partition coefficient (Wildman–Crippen LogP) is 7.26. The van der Waals surface area contributed by atoms with Gasteiger partial charge in [0.2, 0.25) is 0 Å². The molecule has 2 rings (SSSR count). The molecule has 9 heteroatoms. The SMILES string of the molecule is CC1(C)CCCC(N(CCCCCCNCCCCCCN(C(=N)N)C2CCCC(C)(C)C2)C(=N)N)C1.I.I. The molecule has 0 aromatic carbocycles. The molecule has 232 valence electrons. The molecular weight excluding hydrogens is 712 g/mol. The first-order valence-electron chi connectivity index (χ1n) is 15.4. The van der Waals surface area contributed by atoms with E-state index in [0.29, 0.717) is 22.9 Å². The molecule has 0 amide bonds. The number of rotatable bonds is 16. The van der Waals surface area contributed by atoms with E-state index in [4.69, 9.17) is 22.3 Å². The molecule has 0 saturated heterocycles. The van der Waals surface area contributed by atoms with Crippen molar-refractivity contribution in [3.8, 4) is 0 Å². The summed E-state index contributed by atoms with van der Waals surface area (Å²) in [5, 5.41) is 19.7. The fourth-order valence-corrected chi connectivity index (χ4v) is 6.74. The van der Waals surface area contributed by atoms with Crippen LogP contribution in [0.4, 0.5) is 0 Å². The quantitative estimate of drug-likeness (QED) is 0.0490. The number of halogens is 2. The lowest BCUT2D eigenvalue weighted by Crippen LogP contribution is -2.47. The van der Waals surface area contributed by atoms with E-state index in [0.717, 1.165) is 51.9 Å². The van der Waals surface area contributed by atoms with E-state index in [1.54, 1.807) is 0 Å². The van der Waals surface area contributed by atoms with Crippen molar-refractivity contribution in [3.63, 3.8) is 0 Å². The highest BCUT2D eigenvalue weighted by molar-refractivity contribution is 14.0. The molecule has 0 aromatic rings. The standard InChI is InChI=1S/C30H61N7.2HI/c1-29(2)17-13-15-25(23-29)36(27(31)32)21-11-7-5-9-19-35-20-10-6-8-12-22-37(28(33)34)26-16-14-18-30(3,4)24-26;;/h25-26,35H,5-24H2,1-4H3,(H3,31,32)(H3,33,34);2*1H. The molecule has 0 aromatic heterocycles. The highest BCUT2D eigenvalue weighted by Crippen LogP contribution is 2.38. The van der Waals surface area contributed by atoms with Gasteiger partial charge in [0.1, 0.15) is 0 Å². The maximum Gasteiger partial charge on any atom is 0.188 e. The van der Waals surface area contributed by atoms with Crippen LogP contribution in [0.3, 0.4) is 0 Å². The summed E-state index contributed by atoms with van der Waals surface area (Å²) in [7, 11) is 0. The van der Waals surface area contributed by atoms with Crippen LogP contribution in [0.5, 0.6) is 0 Å². The fourth-order valence-electron chi connectivity index (χ4n) is 6.74. The Morgan fingerprint density at radius 2 is 1.03 bits per heavy atom. The molecule has 2 fully saturated rings. The van der Waals surface area contributed by atoms with Crippen molar-refractivity contribution in [3.05, 3.63) is 0 Å². The first-order chi connectivity index (χ1) is 17.5. The molecular formula is C30H63I2N7. The maximum absolute atomic E-state index is 8.05. The monoisotopic (exact) mass is 775 g/mol. The van der Waals surface area contributed by atoms with Crippen LogP contribution in [-0.2, 0) is 0 Å². The molecule has 0 spiro atoms. The summed E-state index contributed by atoms with van der Waals surface area (Å²) < 4.78 is 0. The van der Waals surface area contributed by atoms with Gasteiger partial charge in [-0.25, -0.2) is 0 Å². The largest absolute Gasteiger partial charge is 0.370 e. The highest BCUT2D eigenvalue weighted by atomic mass is 127. The maximum atomic E-state index is 8.05. The van der Waals surface area contributed by atoms with Gasteiger partial charge in [0.15, 0.2) is 11.9 Å². The van der Waals surface area contributed by atoms with Gasteiger partial charge in [-0.1, -0.05) is 66.2 Å². The second-order valence-corrected chi connectivity index (χ2v) is 13.6. The van der Waals surface area contributed by atoms with E-state index < -0.39 is 0 Å². The summed E-state index contributed by atoms with van der Waals surface area (Å²) in [6.45, 7) is 13.5. The van der Waals surface area contributed by atoms with Gasteiger partial charge in [0, 0.05) is 25.2 Å². The van der Waals surface area contributed by atoms with Crippen LogP contribution in [0, 0.1) is 21.6 Å². The molecule has 39 heavy (non-hydrogen) atoms. The van der Waals surface area contributed by atoms with Crippen LogP contribution in [0.1, 0.15) is 130 Å². The van der Waals surface area contributed by atoms with Crippen molar-refractivity contribution < 1.29 is 0 Å². The van der Waals surface area contributed by atoms with Gasteiger partial charge in [0.25, 0.3) is 0 Å². The van der Waals surface area contributed by atoms with E-state index >= 15 is 0 Å². The molecule has 7 N–H and O–H groups in total. The number of hydrogen-bond donors (Lipinski definition) is 5. The minimum atomic E-state index is 0. The second-order valence-electron chi connectivity index (χ2n) is 13.6. The summed E-state index contributed by atoms with van der Waals surface area (Å²) in [4.78, 5) is 4.34. The normalized spacial score (nSPS) is 21.7. The Bertz CT molecular complexity index is 630. The number of guanidine groups is 2. The van der Waals surface area contributed by atoms with E-state index in [2.05, 4.69) is 42.8 Å². The molecule has 2 unspecified atom stereocenters. The average Bonchev–Trinajstić information content (AvgIpc) is 2.79. The van der Waals surface area contributed by atoms with Crippen molar-refractivity contribution in [1.82, 2.24) is 15.1 Å². The molecule has 0 radical (unpaired) electrons. The molecule has 2 saturated carbocycles. The lowest BCUT2D eigenvalue weighted by Gasteiger charge is -2.41. The number of hydrogen-bond acceptors (Lipinski definition) is 3. The van der Waals surface area contributed by atoms with E-state index in [9.17, 15) is 0 Å². The third-order valence-electron chi connectivity index (χ3n) is 8.86.